The van der Waals surface area contributed by atoms with Gasteiger partial charge in [0.2, 0.25) is 5.91 Å². The third-order valence-electron chi connectivity index (χ3n) is 3.73. The van der Waals surface area contributed by atoms with E-state index in [2.05, 4.69) is 20.2 Å². The molecule has 0 aliphatic rings. The first-order valence-electron chi connectivity index (χ1n) is 8.48. The van der Waals surface area contributed by atoms with E-state index in [1.165, 1.54) is 48.2 Å². The molecule has 1 heterocycles. The van der Waals surface area contributed by atoms with Crippen LogP contribution in [0.1, 0.15) is 6.92 Å². The SMILES string of the molecule is CC(Sc1ccccc1)C(=O)Nc1ccc(S(=O)(=O)Nc2ccc(Cl)nn2)cc1. The molecule has 7 nitrogen and oxygen atoms in total. The maximum atomic E-state index is 12.4. The fourth-order valence-electron chi connectivity index (χ4n) is 2.29. The summed E-state index contributed by atoms with van der Waals surface area (Å²) in [6.45, 7) is 1.81. The topological polar surface area (TPSA) is 101 Å². The van der Waals surface area contributed by atoms with Gasteiger partial charge in [-0.05, 0) is 55.5 Å². The van der Waals surface area contributed by atoms with Gasteiger partial charge in [-0.3, -0.25) is 9.52 Å². The number of sulfonamides is 1. The molecule has 0 saturated heterocycles. The molecule has 0 saturated carbocycles. The zero-order chi connectivity index (χ0) is 20.9. The Morgan fingerprint density at radius 1 is 1.00 bits per heavy atom. The maximum Gasteiger partial charge on any atom is 0.263 e. The summed E-state index contributed by atoms with van der Waals surface area (Å²) in [5.41, 5.74) is 0.501. The highest BCUT2D eigenvalue weighted by atomic mass is 35.5. The van der Waals surface area contributed by atoms with Gasteiger partial charge in [-0.15, -0.1) is 22.0 Å². The lowest BCUT2D eigenvalue weighted by molar-refractivity contribution is -0.115. The van der Waals surface area contributed by atoms with Gasteiger partial charge in [0.25, 0.3) is 10.0 Å². The van der Waals surface area contributed by atoms with E-state index >= 15 is 0 Å². The van der Waals surface area contributed by atoms with Gasteiger partial charge in [-0.2, -0.15) is 0 Å². The van der Waals surface area contributed by atoms with Gasteiger partial charge in [0.1, 0.15) is 0 Å². The molecule has 3 aromatic rings. The second kappa shape index (κ2) is 9.25. The van der Waals surface area contributed by atoms with E-state index < -0.39 is 10.0 Å². The van der Waals surface area contributed by atoms with Crippen LogP contribution >= 0.6 is 23.4 Å². The molecule has 10 heteroatoms. The number of hydrogen-bond acceptors (Lipinski definition) is 6. The third-order valence-corrected chi connectivity index (χ3v) is 6.41. The van der Waals surface area contributed by atoms with Gasteiger partial charge < -0.3 is 5.32 Å². The highest BCUT2D eigenvalue weighted by Gasteiger charge is 2.17. The first-order chi connectivity index (χ1) is 13.8. The van der Waals surface area contributed by atoms with E-state index in [1.54, 1.807) is 0 Å². The molecule has 0 aliphatic heterocycles. The molecule has 0 fully saturated rings. The minimum absolute atomic E-state index is 0.0268. The van der Waals surface area contributed by atoms with Crippen molar-refractivity contribution in [1.29, 1.82) is 0 Å². The molecule has 1 unspecified atom stereocenters. The molecule has 2 aromatic carbocycles. The molecule has 2 N–H and O–H groups in total. The normalized spacial score (nSPS) is 12.2. The lowest BCUT2D eigenvalue weighted by atomic mass is 10.3. The number of carbonyl (C=O) groups is 1. The molecule has 0 spiro atoms. The number of benzene rings is 2. The summed E-state index contributed by atoms with van der Waals surface area (Å²) < 4.78 is 27.2. The zero-order valence-corrected chi connectivity index (χ0v) is 17.6. The zero-order valence-electron chi connectivity index (χ0n) is 15.2. The number of halogens is 1. The summed E-state index contributed by atoms with van der Waals surface area (Å²) in [6.07, 6.45) is 0. The average molecular weight is 449 g/mol. The molecule has 0 bridgehead atoms. The first-order valence-corrected chi connectivity index (χ1v) is 11.2. The molecule has 1 aromatic heterocycles. The van der Waals surface area contributed by atoms with Crippen molar-refractivity contribution in [3.05, 3.63) is 71.9 Å². The molecule has 29 heavy (non-hydrogen) atoms. The molecule has 150 valence electrons. The second-order valence-corrected chi connectivity index (χ2v) is 9.42. The number of anilines is 2. The second-order valence-electron chi connectivity index (χ2n) is 5.93. The van der Waals surface area contributed by atoms with Crippen LogP contribution in [0.4, 0.5) is 11.5 Å². The quantitative estimate of drug-likeness (QED) is 0.529. The standard InChI is InChI=1S/C19H17ClN4O3S2/c1-13(28-15-5-3-2-4-6-15)19(25)21-14-7-9-16(10-8-14)29(26,27)24-18-12-11-17(20)22-23-18/h2-13H,1H3,(H,21,25)(H,23,24). The summed E-state index contributed by atoms with van der Waals surface area (Å²) in [4.78, 5) is 13.4. The van der Waals surface area contributed by atoms with Crippen LogP contribution in [0.2, 0.25) is 5.15 Å². The molecule has 1 atom stereocenters. The van der Waals surface area contributed by atoms with Crippen molar-refractivity contribution in [2.24, 2.45) is 0 Å². The van der Waals surface area contributed by atoms with Crippen molar-refractivity contribution in [2.45, 2.75) is 22.0 Å². The Balaban J connectivity index is 1.63. The third kappa shape index (κ3) is 5.93. The van der Waals surface area contributed by atoms with Crippen LogP contribution in [0.25, 0.3) is 0 Å². The van der Waals surface area contributed by atoms with Crippen molar-refractivity contribution in [2.75, 3.05) is 10.0 Å². The van der Waals surface area contributed by atoms with E-state index in [4.69, 9.17) is 11.6 Å². The average Bonchev–Trinajstić information content (AvgIpc) is 2.71. The lowest BCUT2D eigenvalue weighted by Gasteiger charge is -2.12. The van der Waals surface area contributed by atoms with Crippen molar-refractivity contribution in [3.63, 3.8) is 0 Å². The Bertz CT molecular complexity index is 1080. The summed E-state index contributed by atoms with van der Waals surface area (Å²) in [6, 6.07) is 18.3. The Kier molecular flexibility index (Phi) is 6.73. The number of hydrogen-bond donors (Lipinski definition) is 2. The summed E-state index contributed by atoms with van der Waals surface area (Å²) in [5, 5.41) is 9.89. The smallest absolute Gasteiger partial charge is 0.263 e. The number of aromatic nitrogens is 2. The molecule has 0 radical (unpaired) electrons. The van der Waals surface area contributed by atoms with Crippen LogP contribution in [0.5, 0.6) is 0 Å². The van der Waals surface area contributed by atoms with Crippen LogP contribution < -0.4 is 10.0 Å². The van der Waals surface area contributed by atoms with Gasteiger partial charge in [0.15, 0.2) is 11.0 Å². The number of nitrogens with zero attached hydrogens (tertiary/aromatic N) is 2. The Morgan fingerprint density at radius 3 is 2.31 bits per heavy atom. The minimum Gasteiger partial charge on any atom is -0.325 e. The van der Waals surface area contributed by atoms with Gasteiger partial charge in [0, 0.05) is 10.6 Å². The van der Waals surface area contributed by atoms with Crippen LogP contribution in [-0.4, -0.2) is 29.8 Å². The molecule has 3 rings (SSSR count). The van der Waals surface area contributed by atoms with E-state index in [0.29, 0.717) is 5.69 Å². The van der Waals surface area contributed by atoms with E-state index in [0.717, 1.165) is 4.90 Å². The summed E-state index contributed by atoms with van der Waals surface area (Å²) in [7, 11) is -3.84. The van der Waals surface area contributed by atoms with E-state index in [1.807, 2.05) is 37.3 Å². The number of rotatable bonds is 7. The largest absolute Gasteiger partial charge is 0.325 e. The first kappa shape index (κ1) is 21.1. The molecular weight excluding hydrogens is 432 g/mol. The Morgan fingerprint density at radius 2 is 1.69 bits per heavy atom. The van der Waals surface area contributed by atoms with Gasteiger partial charge in [-0.1, -0.05) is 29.8 Å². The number of amides is 1. The van der Waals surface area contributed by atoms with Crippen molar-refractivity contribution in [1.82, 2.24) is 10.2 Å². The highest BCUT2D eigenvalue weighted by Crippen LogP contribution is 2.24. The summed E-state index contributed by atoms with van der Waals surface area (Å²) in [5.74, 6) is -0.123. The highest BCUT2D eigenvalue weighted by molar-refractivity contribution is 8.00. The van der Waals surface area contributed by atoms with Crippen molar-refractivity contribution in [3.8, 4) is 0 Å². The minimum atomic E-state index is -3.84. The maximum absolute atomic E-state index is 12.4. The van der Waals surface area contributed by atoms with Gasteiger partial charge >= 0.3 is 0 Å². The Labute approximate surface area is 177 Å². The Hall–Kier alpha value is -2.62. The van der Waals surface area contributed by atoms with Gasteiger partial charge in [-0.25, -0.2) is 8.42 Å². The monoisotopic (exact) mass is 448 g/mol. The fraction of sp³-hybridized carbons (Fsp3) is 0.105. The van der Waals surface area contributed by atoms with Crippen LogP contribution in [-0.2, 0) is 14.8 Å². The van der Waals surface area contributed by atoms with Crippen molar-refractivity contribution < 1.29 is 13.2 Å². The predicted molar refractivity (Wildman–Crippen MR) is 115 cm³/mol. The molecular formula is C19H17ClN4O3S2. The number of nitrogens with one attached hydrogen (secondary N) is 2. The lowest BCUT2D eigenvalue weighted by Crippen LogP contribution is -2.22. The molecule has 1 amide bonds. The van der Waals surface area contributed by atoms with Crippen LogP contribution in [0, 0.1) is 0 Å². The molecule has 0 aliphatic carbocycles. The van der Waals surface area contributed by atoms with Gasteiger partial charge in [0.05, 0.1) is 10.1 Å². The van der Waals surface area contributed by atoms with Crippen LogP contribution in [0.15, 0.2) is 76.5 Å². The van der Waals surface area contributed by atoms with Crippen molar-refractivity contribution >= 4 is 50.8 Å². The number of carbonyl (C=O) groups excluding carboxylic acids is 1. The van der Waals surface area contributed by atoms with E-state index in [-0.39, 0.29) is 27.0 Å². The van der Waals surface area contributed by atoms with Crippen LogP contribution in [0.3, 0.4) is 0 Å². The fourth-order valence-corrected chi connectivity index (χ4v) is 4.27. The summed E-state index contributed by atoms with van der Waals surface area (Å²) >= 11 is 7.08. The number of thioether (sulfide) groups is 1. The predicted octanol–water partition coefficient (Wildman–Crippen LogP) is 4.05. The van der Waals surface area contributed by atoms with E-state index in [9.17, 15) is 13.2 Å².